The molecule has 21 heavy (non-hydrogen) atoms. The standard InChI is InChI=1S/C14H20N2O4S/c15-11-3-1-2-4-12(11)16-21(17,18)10-5-6-13-14(9-10)20-8-7-19-13/h5-6,9,11-12,16H,1-4,7-8,15H2. The summed E-state index contributed by atoms with van der Waals surface area (Å²) in [5.74, 6) is 1.05. The van der Waals surface area contributed by atoms with Gasteiger partial charge in [-0.05, 0) is 25.0 Å². The number of fused-ring (bicyclic) bond motifs is 1. The second-order valence-electron chi connectivity index (χ2n) is 5.48. The van der Waals surface area contributed by atoms with Gasteiger partial charge < -0.3 is 15.2 Å². The van der Waals surface area contributed by atoms with Crippen LogP contribution in [-0.4, -0.2) is 33.7 Å². The number of nitrogens with one attached hydrogen (secondary N) is 1. The first kappa shape index (κ1) is 14.6. The number of nitrogens with two attached hydrogens (primary N) is 1. The van der Waals surface area contributed by atoms with Crippen molar-refractivity contribution < 1.29 is 17.9 Å². The van der Waals surface area contributed by atoms with E-state index in [0.717, 1.165) is 25.7 Å². The summed E-state index contributed by atoms with van der Waals surface area (Å²) in [6, 6.07) is 4.35. The van der Waals surface area contributed by atoms with Crippen LogP contribution < -0.4 is 19.9 Å². The van der Waals surface area contributed by atoms with E-state index in [9.17, 15) is 8.42 Å². The summed E-state index contributed by atoms with van der Waals surface area (Å²) in [5, 5.41) is 0. The molecular weight excluding hydrogens is 292 g/mol. The lowest BCUT2D eigenvalue weighted by Crippen LogP contribution is -2.49. The molecule has 2 unspecified atom stereocenters. The summed E-state index contributed by atoms with van der Waals surface area (Å²) in [6.45, 7) is 0.908. The molecule has 1 saturated carbocycles. The summed E-state index contributed by atoms with van der Waals surface area (Å²) >= 11 is 0. The molecule has 0 spiro atoms. The second kappa shape index (κ2) is 5.82. The van der Waals surface area contributed by atoms with E-state index in [1.165, 1.54) is 12.1 Å². The fourth-order valence-electron chi connectivity index (χ4n) is 2.76. The van der Waals surface area contributed by atoms with Gasteiger partial charge in [0, 0.05) is 18.2 Å². The average molecular weight is 312 g/mol. The zero-order chi connectivity index (χ0) is 14.9. The molecule has 1 aliphatic carbocycles. The summed E-state index contributed by atoms with van der Waals surface area (Å²) in [5.41, 5.74) is 6.00. The largest absolute Gasteiger partial charge is 0.486 e. The Labute approximate surface area is 124 Å². The van der Waals surface area contributed by atoms with Crippen molar-refractivity contribution in [1.82, 2.24) is 4.72 Å². The third-order valence-electron chi connectivity index (χ3n) is 3.95. The summed E-state index contributed by atoms with van der Waals surface area (Å²) in [6.07, 6.45) is 3.70. The molecule has 1 aliphatic heterocycles. The number of sulfonamides is 1. The highest BCUT2D eigenvalue weighted by Crippen LogP contribution is 2.32. The Bertz CT molecular complexity index is 617. The SMILES string of the molecule is NC1CCCCC1NS(=O)(=O)c1ccc2c(c1)OCCO2. The normalized spacial score (nSPS) is 25.6. The Morgan fingerprint density at radius 1 is 1.10 bits per heavy atom. The van der Waals surface area contributed by atoms with Gasteiger partial charge in [-0.25, -0.2) is 13.1 Å². The van der Waals surface area contributed by atoms with Crippen molar-refractivity contribution in [2.75, 3.05) is 13.2 Å². The van der Waals surface area contributed by atoms with E-state index in [1.54, 1.807) is 6.07 Å². The van der Waals surface area contributed by atoms with Crippen molar-refractivity contribution in [2.24, 2.45) is 5.73 Å². The van der Waals surface area contributed by atoms with Gasteiger partial charge in [0.2, 0.25) is 10.0 Å². The molecule has 0 aromatic heterocycles. The molecule has 6 nitrogen and oxygen atoms in total. The zero-order valence-electron chi connectivity index (χ0n) is 11.7. The Morgan fingerprint density at radius 3 is 2.57 bits per heavy atom. The van der Waals surface area contributed by atoms with E-state index in [-0.39, 0.29) is 17.0 Å². The van der Waals surface area contributed by atoms with Gasteiger partial charge in [-0.2, -0.15) is 0 Å². The van der Waals surface area contributed by atoms with Crippen LogP contribution in [0.4, 0.5) is 0 Å². The highest BCUT2D eigenvalue weighted by atomic mass is 32.2. The summed E-state index contributed by atoms with van der Waals surface area (Å²) in [4.78, 5) is 0.185. The molecule has 2 atom stereocenters. The maximum atomic E-state index is 12.5. The lowest BCUT2D eigenvalue weighted by molar-refractivity contribution is 0.171. The highest BCUT2D eigenvalue weighted by molar-refractivity contribution is 7.89. The molecule has 0 amide bonds. The smallest absolute Gasteiger partial charge is 0.241 e. The van der Waals surface area contributed by atoms with Gasteiger partial charge in [0.1, 0.15) is 13.2 Å². The highest BCUT2D eigenvalue weighted by Gasteiger charge is 2.28. The average Bonchev–Trinajstić information content (AvgIpc) is 2.49. The van der Waals surface area contributed by atoms with Crippen LogP contribution in [0.15, 0.2) is 23.1 Å². The quantitative estimate of drug-likeness (QED) is 0.869. The zero-order valence-corrected chi connectivity index (χ0v) is 12.6. The monoisotopic (exact) mass is 312 g/mol. The van der Waals surface area contributed by atoms with Gasteiger partial charge in [-0.1, -0.05) is 12.8 Å². The van der Waals surface area contributed by atoms with E-state index in [0.29, 0.717) is 24.7 Å². The minimum Gasteiger partial charge on any atom is -0.486 e. The topological polar surface area (TPSA) is 90.7 Å². The Morgan fingerprint density at radius 2 is 1.81 bits per heavy atom. The first-order valence-corrected chi connectivity index (χ1v) is 8.72. The summed E-state index contributed by atoms with van der Waals surface area (Å²) < 4.78 is 38.5. The van der Waals surface area contributed by atoms with Crippen molar-refractivity contribution in [3.8, 4) is 11.5 Å². The number of benzene rings is 1. The van der Waals surface area contributed by atoms with E-state index in [2.05, 4.69) is 4.72 Å². The number of rotatable bonds is 3. The number of hydrogen-bond donors (Lipinski definition) is 2. The van der Waals surface area contributed by atoms with Gasteiger partial charge in [0.25, 0.3) is 0 Å². The molecule has 3 N–H and O–H groups in total. The van der Waals surface area contributed by atoms with Crippen molar-refractivity contribution in [3.63, 3.8) is 0 Å². The molecule has 0 bridgehead atoms. The van der Waals surface area contributed by atoms with Gasteiger partial charge in [-0.3, -0.25) is 0 Å². The van der Waals surface area contributed by atoms with E-state index >= 15 is 0 Å². The first-order valence-electron chi connectivity index (χ1n) is 7.24. The van der Waals surface area contributed by atoms with Crippen LogP contribution >= 0.6 is 0 Å². The van der Waals surface area contributed by atoms with Crippen LogP contribution in [0.3, 0.4) is 0 Å². The van der Waals surface area contributed by atoms with Crippen molar-refractivity contribution >= 4 is 10.0 Å². The molecule has 116 valence electrons. The number of hydrogen-bond acceptors (Lipinski definition) is 5. The predicted molar refractivity (Wildman–Crippen MR) is 78.0 cm³/mol. The van der Waals surface area contributed by atoms with Crippen molar-refractivity contribution in [2.45, 2.75) is 42.7 Å². The van der Waals surface area contributed by atoms with Gasteiger partial charge in [0.05, 0.1) is 4.90 Å². The Kier molecular flexibility index (Phi) is 4.05. The Hall–Kier alpha value is -1.31. The van der Waals surface area contributed by atoms with E-state index in [1.807, 2.05) is 0 Å². The molecule has 7 heteroatoms. The molecule has 3 rings (SSSR count). The van der Waals surface area contributed by atoms with Gasteiger partial charge in [-0.15, -0.1) is 0 Å². The van der Waals surface area contributed by atoms with Crippen LogP contribution in [0.25, 0.3) is 0 Å². The molecule has 1 aromatic rings. The molecule has 1 aromatic carbocycles. The van der Waals surface area contributed by atoms with Crippen LogP contribution in [-0.2, 0) is 10.0 Å². The Balaban J connectivity index is 1.81. The molecule has 0 radical (unpaired) electrons. The minimum atomic E-state index is -3.59. The molecule has 0 saturated heterocycles. The lowest BCUT2D eigenvalue weighted by atomic mass is 9.92. The minimum absolute atomic E-state index is 0.120. The second-order valence-corrected chi connectivity index (χ2v) is 7.20. The van der Waals surface area contributed by atoms with Crippen LogP contribution in [0, 0.1) is 0 Å². The van der Waals surface area contributed by atoms with Crippen LogP contribution in [0.2, 0.25) is 0 Å². The fraction of sp³-hybridized carbons (Fsp3) is 0.571. The molecule has 2 aliphatic rings. The maximum Gasteiger partial charge on any atom is 0.241 e. The number of ether oxygens (including phenoxy) is 2. The summed E-state index contributed by atoms with van der Waals surface area (Å²) in [7, 11) is -3.59. The van der Waals surface area contributed by atoms with Crippen molar-refractivity contribution in [3.05, 3.63) is 18.2 Å². The van der Waals surface area contributed by atoms with E-state index in [4.69, 9.17) is 15.2 Å². The predicted octanol–water partition coefficient (Wildman–Crippen LogP) is 1.01. The third-order valence-corrected chi connectivity index (χ3v) is 5.44. The molecule has 1 fully saturated rings. The van der Waals surface area contributed by atoms with Gasteiger partial charge in [0.15, 0.2) is 11.5 Å². The lowest BCUT2D eigenvalue weighted by Gasteiger charge is -2.29. The van der Waals surface area contributed by atoms with Crippen molar-refractivity contribution in [1.29, 1.82) is 0 Å². The van der Waals surface area contributed by atoms with Crippen LogP contribution in [0.1, 0.15) is 25.7 Å². The third kappa shape index (κ3) is 3.14. The fourth-order valence-corrected chi connectivity index (χ4v) is 4.10. The first-order chi connectivity index (χ1) is 10.1. The molecular formula is C14H20N2O4S. The molecule has 1 heterocycles. The van der Waals surface area contributed by atoms with E-state index < -0.39 is 10.0 Å². The van der Waals surface area contributed by atoms with Crippen LogP contribution in [0.5, 0.6) is 11.5 Å². The maximum absolute atomic E-state index is 12.5. The van der Waals surface area contributed by atoms with Gasteiger partial charge >= 0.3 is 0 Å².